The zero-order valence-corrected chi connectivity index (χ0v) is 19.4. The first-order chi connectivity index (χ1) is 16.4. The third kappa shape index (κ3) is 5.48. The molecule has 0 bridgehead atoms. The molecule has 3 aromatic carbocycles. The first kappa shape index (κ1) is 25.1. The summed E-state index contributed by atoms with van der Waals surface area (Å²) < 4.78 is 25.2. The Morgan fingerprint density at radius 2 is 1.76 bits per heavy atom. The van der Waals surface area contributed by atoms with Crippen LogP contribution in [0, 0.1) is 5.82 Å². The van der Waals surface area contributed by atoms with E-state index in [2.05, 4.69) is 5.32 Å². The number of methoxy groups -OCH3 is 1. The number of ether oxygens (including phenoxy) is 2. The molecule has 0 aliphatic heterocycles. The number of rotatable bonds is 8. The Bertz CT molecular complexity index is 1140. The van der Waals surface area contributed by atoms with Crippen LogP contribution in [0.2, 0.25) is 5.02 Å². The van der Waals surface area contributed by atoms with Crippen molar-refractivity contribution in [3.8, 4) is 11.5 Å². The quantitative estimate of drug-likeness (QED) is 0.469. The number of carbonyl (C=O) groups is 2. The number of hydrogen-bond acceptors (Lipinski definition) is 5. The van der Waals surface area contributed by atoms with E-state index in [4.69, 9.17) is 25.9 Å². The molecule has 0 spiro atoms. The molecule has 0 amide bonds. The second-order valence-electron chi connectivity index (χ2n) is 7.83. The summed E-state index contributed by atoms with van der Waals surface area (Å²) in [6.45, 7) is 2.20. The summed E-state index contributed by atoms with van der Waals surface area (Å²) in [5, 5.41) is 13.7. The van der Waals surface area contributed by atoms with Crippen molar-refractivity contribution in [2.75, 3.05) is 19.0 Å². The van der Waals surface area contributed by atoms with E-state index in [1.54, 1.807) is 24.3 Å². The highest BCUT2D eigenvalue weighted by molar-refractivity contribution is 6.30. The highest BCUT2D eigenvalue weighted by atomic mass is 35.5. The van der Waals surface area contributed by atoms with Crippen molar-refractivity contribution in [3.05, 3.63) is 88.2 Å². The molecule has 1 aliphatic carbocycles. The Hall–Kier alpha value is -3.58. The number of carbonyl (C=O) groups excluding carboxylic acids is 1. The molecule has 0 fully saturated rings. The molecule has 0 aromatic heterocycles. The number of hydrogen-bond donors (Lipinski definition) is 2. The molecule has 1 aliphatic rings. The van der Waals surface area contributed by atoms with Crippen LogP contribution in [0.25, 0.3) is 0 Å². The molecule has 3 aromatic rings. The third-order valence-electron chi connectivity index (χ3n) is 5.70. The molecule has 178 valence electrons. The number of carboxylic acids is 1. The Labute approximate surface area is 202 Å². The van der Waals surface area contributed by atoms with Gasteiger partial charge in [-0.15, -0.1) is 0 Å². The lowest BCUT2D eigenvalue weighted by Crippen LogP contribution is -2.47. The predicted molar refractivity (Wildman–Crippen MR) is 129 cm³/mol. The van der Waals surface area contributed by atoms with Gasteiger partial charge < -0.3 is 24.7 Å². The highest BCUT2D eigenvalue weighted by Crippen LogP contribution is 2.36. The van der Waals surface area contributed by atoms with Crippen molar-refractivity contribution in [2.45, 2.75) is 24.8 Å². The number of nitrogens with one attached hydrogen (secondary N) is 1. The first-order valence-electron chi connectivity index (χ1n) is 10.5. The SMILES string of the molecule is C=O.COc1ccc(NC2(C(=O)O)Cc3ccccc3C2)cc1OCCc1cc(Cl)ccc1F. The molecule has 8 heteroatoms. The average molecular weight is 486 g/mol. The maximum absolute atomic E-state index is 14.0. The van der Waals surface area contributed by atoms with Gasteiger partial charge in [-0.25, -0.2) is 9.18 Å². The van der Waals surface area contributed by atoms with Crippen LogP contribution in [0.1, 0.15) is 16.7 Å². The minimum Gasteiger partial charge on any atom is -0.493 e. The topological polar surface area (TPSA) is 84.9 Å². The molecule has 0 saturated heterocycles. The normalized spacial score (nSPS) is 13.3. The van der Waals surface area contributed by atoms with Gasteiger partial charge in [-0.05, 0) is 47.0 Å². The van der Waals surface area contributed by atoms with Gasteiger partial charge in [-0.1, -0.05) is 35.9 Å². The van der Waals surface area contributed by atoms with E-state index in [1.807, 2.05) is 31.1 Å². The molecular formula is C26H25ClFNO5. The molecule has 0 saturated carbocycles. The van der Waals surface area contributed by atoms with E-state index in [1.165, 1.54) is 19.2 Å². The van der Waals surface area contributed by atoms with E-state index < -0.39 is 11.5 Å². The van der Waals surface area contributed by atoms with Crippen LogP contribution >= 0.6 is 11.6 Å². The van der Waals surface area contributed by atoms with Crippen LogP contribution in [-0.2, 0) is 28.9 Å². The minimum atomic E-state index is -1.14. The third-order valence-corrected chi connectivity index (χ3v) is 5.93. The Morgan fingerprint density at radius 1 is 1.09 bits per heavy atom. The van der Waals surface area contributed by atoms with Crippen molar-refractivity contribution in [3.63, 3.8) is 0 Å². The van der Waals surface area contributed by atoms with Gasteiger partial charge >= 0.3 is 5.97 Å². The van der Waals surface area contributed by atoms with E-state index in [9.17, 15) is 14.3 Å². The van der Waals surface area contributed by atoms with Gasteiger partial charge in [0.25, 0.3) is 0 Å². The molecule has 2 N–H and O–H groups in total. The molecule has 34 heavy (non-hydrogen) atoms. The monoisotopic (exact) mass is 485 g/mol. The van der Waals surface area contributed by atoms with Gasteiger partial charge in [0.2, 0.25) is 0 Å². The molecule has 0 atom stereocenters. The maximum atomic E-state index is 14.0. The molecular weight excluding hydrogens is 461 g/mol. The van der Waals surface area contributed by atoms with Gasteiger partial charge in [0.15, 0.2) is 11.5 Å². The van der Waals surface area contributed by atoms with Gasteiger partial charge in [0, 0.05) is 36.0 Å². The average Bonchev–Trinajstić information content (AvgIpc) is 3.22. The Kier molecular flexibility index (Phi) is 8.12. The fourth-order valence-electron chi connectivity index (χ4n) is 4.06. The molecule has 0 radical (unpaired) electrons. The summed E-state index contributed by atoms with van der Waals surface area (Å²) in [6, 6.07) is 17.3. The van der Waals surface area contributed by atoms with Crippen LogP contribution in [-0.4, -0.2) is 37.1 Å². The Balaban J connectivity index is 0.00000158. The number of anilines is 1. The van der Waals surface area contributed by atoms with E-state index in [0.29, 0.717) is 47.0 Å². The van der Waals surface area contributed by atoms with E-state index in [-0.39, 0.29) is 12.4 Å². The first-order valence-corrected chi connectivity index (χ1v) is 10.9. The predicted octanol–water partition coefficient (Wildman–Crippen LogP) is 4.96. The Morgan fingerprint density at radius 3 is 2.38 bits per heavy atom. The van der Waals surface area contributed by atoms with Gasteiger partial charge in [-0.2, -0.15) is 0 Å². The smallest absolute Gasteiger partial charge is 0.330 e. The number of halogens is 2. The summed E-state index contributed by atoms with van der Waals surface area (Å²) in [6.07, 6.45) is 1.09. The lowest BCUT2D eigenvalue weighted by atomic mass is 9.95. The number of carboxylic acid groups (broad SMARTS) is 1. The lowest BCUT2D eigenvalue weighted by Gasteiger charge is -2.27. The summed E-state index contributed by atoms with van der Waals surface area (Å²) >= 11 is 5.95. The maximum Gasteiger partial charge on any atom is 0.330 e. The number of fused-ring (bicyclic) bond motifs is 1. The lowest BCUT2D eigenvalue weighted by molar-refractivity contribution is -0.142. The van der Waals surface area contributed by atoms with Gasteiger partial charge in [-0.3, -0.25) is 0 Å². The number of benzene rings is 3. The van der Waals surface area contributed by atoms with Crippen LogP contribution < -0.4 is 14.8 Å². The fourth-order valence-corrected chi connectivity index (χ4v) is 4.25. The summed E-state index contributed by atoms with van der Waals surface area (Å²) in [4.78, 5) is 20.2. The molecule has 6 nitrogen and oxygen atoms in total. The largest absolute Gasteiger partial charge is 0.493 e. The van der Waals surface area contributed by atoms with Gasteiger partial charge in [0.05, 0.1) is 13.7 Å². The highest BCUT2D eigenvalue weighted by Gasteiger charge is 2.44. The van der Waals surface area contributed by atoms with Crippen molar-refractivity contribution in [1.29, 1.82) is 0 Å². The second-order valence-corrected chi connectivity index (χ2v) is 8.27. The molecule has 4 rings (SSSR count). The van der Waals surface area contributed by atoms with E-state index >= 15 is 0 Å². The fraction of sp³-hybridized carbons (Fsp3) is 0.231. The zero-order chi connectivity index (χ0) is 24.7. The van der Waals surface area contributed by atoms with Crippen molar-refractivity contribution >= 4 is 30.0 Å². The second kappa shape index (κ2) is 11.0. The molecule has 0 unspecified atom stereocenters. The molecule has 0 heterocycles. The number of aliphatic carboxylic acids is 1. The van der Waals surface area contributed by atoms with Crippen LogP contribution in [0.5, 0.6) is 11.5 Å². The van der Waals surface area contributed by atoms with Gasteiger partial charge in [0.1, 0.15) is 18.1 Å². The minimum absolute atomic E-state index is 0.201. The van der Waals surface area contributed by atoms with Crippen LogP contribution in [0.15, 0.2) is 60.7 Å². The van der Waals surface area contributed by atoms with Crippen molar-refractivity contribution in [2.24, 2.45) is 0 Å². The van der Waals surface area contributed by atoms with Crippen molar-refractivity contribution in [1.82, 2.24) is 0 Å². The summed E-state index contributed by atoms with van der Waals surface area (Å²) in [7, 11) is 1.53. The summed E-state index contributed by atoms with van der Waals surface area (Å²) in [5.41, 5.74) is 1.97. The van der Waals surface area contributed by atoms with Crippen LogP contribution in [0.4, 0.5) is 10.1 Å². The van der Waals surface area contributed by atoms with E-state index in [0.717, 1.165) is 11.1 Å². The zero-order valence-electron chi connectivity index (χ0n) is 18.6. The standard InChI is InChI=1S/C25H23ClFNO4.CH2O/c1-31-22-9-7-20(13-23(22)32-11-10-16-12-19(26)6-8-21(16)27)28-25(24(29)30)14-17-4-2-3-5-18(17)15-25;1-2/h2-9,12-13,28H,10-11,14-15H2,1H3,(H,29,30);1H2. The summed E-state index contributed by atoms with van der Waals surface area (Å²) in [5.74, 6) is -0.315. The van der Waals surface area contributed by atoms with Crippen molar-refractivity contribution < 1.29 is 28.6 Å². The van der Waals surface area contributed by atoms with Crippen LogP contribution in [0.3, 0.4) is 0 Å².